The molecular weight excluding hydrogens is 380 g/mol. The summed E-state index contributed by atoms with van der Waals surface area (Å²) in [5, 5.41) is 10.1. The quantitative estimate of drug-likeness (QED) is 0.837. The molecule has 0 spiro atoms. The molecule has 128 valence electrons. The molecule has 1 N–H and O–H groups in total. The lowest BCUT2D eigenvalue weighted by molar-refractivity contribution is 0.0610. The highest BCUT2D eigenvalue weighted by atomic mass is 79.9. The fourth-order valence-electron chi connectivity index (χ4n) is 2.91. The molecule has 6 heteroatoms. The Morgan fingerprint density at radius 3 is 2.54 bits per heavy atom. The highest BCUT2D eigenvalue weighted by Gasteiger charge is 2.20. The van der Waals surface area contributed by atoms with Gasteiger partial charge in [0.15, 0.2) is 17.4 Å². The van der Waals surface area contributed by atoms with Gasteiger partial charge < -0.3 is 9.84 Å². The van der Waals surface area contributed by atoms with E-state index in [1.165, 1.54) is 11.1 Å². The first-order valence-corrected chi connectivity index (χ1v) is 8.57. The number of nitrogens with zero attached hydrogens (tertiary/aromatic N) is 1. The maximum atomic E-state index is 13.7. The van der Waals surface area contributed by atoms with Crippen molar-refractivity contribution in [3.05, 3.63) is 63.6 Å². The van der Waals surface area contributed by atoms with Crippen molar-refractivity contribution in [3.63, 3.8) is 0 Å². The summed E-state index contributed by atoms with van der Waals surface area (Å²) in [6.45, 7) is 1.84. The lowest BCUT2D eigenvalue weighted by atomic mass is 10.00. The van der Waals surface area contributed by atoms with Crippen molar-refractivity contribution in [1.82, 2.24) is 4.90 Å². The van der Waals surface area contributed by atoms with E-state index in [1.807, 2.05) is 12.1 Å². The van der Waals surface area contributed by atoms with Crippen molar-refractivity contribution in [2.75, 3.05) is 19.7 Å². The van der Waals surface area contributed by atoms with Gasteiger partial charge in [0.05, 0.1) is 0 Å². The monoisotopic (exact) mass is 397 g/mol. The van der Waals surface area contributed by atoms with Crippen molar-refractivity contribution in [2.24, 2.45) is 0 Å². The van der Waals surface area contributed by atoms with Crippen LogP contribution >= 0.6 is 15.9 Å². The predicted molar refractivity (Wildman–Crippen MR) is 91.0 cm³/mol. The minimum atomic E-state index is -0.822. The summed E-state index contributed by atoms with van der Waals surface area (Å²) in [6, 6.07) is 10.5. The molecule has 0 bridgehead atoms. The lowest BCUT2D eigenvalue weighted by Crippen LogP contribution is -2.38. The minimum absolute atomic E-state index is 0.159. The maximum absolute atomic E-state index is 13.7. The highest BCUT2D eigenvalue weighted by molar-refractivity contribution is 9.10. The summed E-state index contributed by atoms with van der Waals surface area (Å²) in [6.07, 6.45) is 0.109. The first kappa shape index (κ1) is 17.3. The first-order chi connectivity index (χ1) is 11.5. The molecule has 0 unspecified atom stereocenters. The van der Waals surface area contributed by atoms with Gasteiger partial charge >= 0.3 is 0 Å². The summed E-state index contributed by atoms with van der Waals surface area (Å²) < 4.78 is 32.8. The van der Waals surface area contributed by atoms with E-state index in [0.717, 1.165) is 31.6 Å². The Morgan fingerprint density at radius 1 is 1.17 bits per heavy atom. The Balaban J connectivity index is 1.55. The SMILES string of the molecule is O[C@H](COc1c(F)cc(Br)cc1F)CN1CCc2ccccc2C1. The summed E-state index contributed by atoms with van der Waals surface area (Å²) in [5.41, 5.74) is 2.58. The van der Waals surface area contributed by atoms with Gasteiger partial charge in [-0.3, -0.25) is 4.90 Å². The Labute approximate surface area is 148 Å². The van der Waals surface area contributed by atoms with Crippen LogP contribution in [0, 0.1) is 11.6 Å². The molecule has 2 aromatic carbocycles. The van der Waals surface area contributed by atoms with Crippen LogP contribution < -0.4 is 4.74 Å². The Hall–Kier alpha value is -1.50. The third-order valence-electron chi connectivity index (χ3n) is 4.06. The van der Waals surface area contributed by atoms with Crippen LogP contribution in [-0.4, -0.2) is 35.8 Å². The van der Waals surface area contributed by atoms with Gasteiger partial charge in [-0.25, -0.2) is 8.78 Å². The van der Waals surface area contributed by atoms with E-state index in [1.54, 1.807) is 0 Å². The molecule has 0 amide bonds. The van der Waals surface area contributed by atoms with Gasteiger partial charge in [-0.2, -0.15) is 0 Å². The van der Waals surface area contributed by atoms with Crippen molar-refractivity contribution >= 4 is 15.9 Å². The van der Waals surface area contributed by atoms with Crippen molar-refractivity contribution in [3.8, 4) is 5.75 Å². The summed E-state index contributed by atoms with van der Waals surface area (Å²) in [5.74, 6) is -2.04. The number of benzene rings is 2. The van der Waals surface area contributed by atoms with Crippen molar-refractivity contribution in [1.29, 1.82) is 0 Å². The number of β-amino-alcohol motifs (C(OH)–C–C–N with tert-alkyl or cyclic N) is 1. The topological polar surface area (TPSA) is 32.7 Å². The number of halogens is 3. The molecule has 2 aromatic rings. The number of aliphatic hydroxyl groups is 1. The molecule has 0 aliphatic carbocycles. The Morgan fingerprint density at radius 2 is 1.83 bits per heavy atom. The maximum Gasteiger partial charge on any atom is 0.190 e. The molecule has 0 saturated heterocycles. The average Bonchev–Trinajstić information content (AvgIpc) is 2.53. The average molecular weight is 398 g/mol. The van der Waals surface area contributed by atoms with Gasteiger partial charge in [-0.05, 0) is 29.7 Å². The molecule has 3 rings (SSSR count). The summed E-state index contributed by atoms with van der Waals surface area (Å²) in [4.78, 5) is 2.12. The van der Waals surface area contributed by atoms with Crippen LogP contribution in [0.3, 0.4) is 0 Å². The zero-order chi connectivity index (χ0) is 17.1. The first-order valence-electron chi connectivity index (χ1n) is 7.77. The Bertz CT molecular complexity index is 703. The van der Waals surface area contributed by atoms with E-state index in [4.69, 9.17) is 4.74 Å². The van der Waals surface area contributed by atoms with E-state index in [-0.39, 0.29) is 6.61 Å². The summed E-state index contributed by atoms with van der Waals surface area (Å²) >= 11 is 3.01. The predicted octanol–water partition coefficient (Wildman–Crippen LogP) is 3.53. The molecular formula is C18H18BrF2NO2. The molecule has 0 radical (unpaired) electrons. The van der Waals surface area contributed by atoms with Crippen LogP contribution in [0.25, 0.3) is 0 Å². The van der Waals surface area contributed by atoms with E-state index in [2.05, 4.69) is 33.0 Å². The van der Waals surface area contributed by atoms with E-state index >= 15 is 0 Å². The third kappa shape index (κ3) is 4.12. The minimum Gasteiger partial charge on any atom is -0.485 e. The smallest absolute Gasteiger partial charge is 0.190 e. The second-order valence-electron chi connectivity index (χ2n) is 5.92. The number of rotatable bonds is 5. The number of ether oxygens (including phenoxy) is 1. The molecule has 0 fully saturated rings. The van der Waals surface area contributed by atoms with Gasteiger partial charge in [0, 0.05) is 24.1 Å². The highest BCUT2D eigenvalue weighted by Crippen LogP contribution is 2.26. The van der Waals surface area contributed by atoms with Gasteiger partial charge in [0.25, 0.3) is 0 Å². The third-order valence-corrected chi connectivity index (χ3v) is 4.52. The molecule has 1 heterocycles. The lowest BCUT2D eigenvalue weighted by Gasteiger charge is -2.30. The largest absolute Gasteiger partial charge is 0.485 e. The second kappa shape index (κ2) is 7.59. The van der Waals surface area contributed by atoms with E-state index < -0.39 is 23.5 Å². The molecule has 0 aromatic heterocycles. The number of aliphatic hydroxyl groups excluding tert-OH is 1. The van der Waals surface area contributed by atoms with Crippen LogP contribution in [0.5, 0.6) is 5.75 Å². The molecule has 0 saturated carbocycles. The van der Waals surface area contributed by atoms with Crippen molar-refractivity contribution < 1.29 is 18.6 Å². The van der Waals surface area contributed by atoms with Crippen LogP contribution in [0.1, 0.15) is 11.1 Å². The molecule has 24 heavy (non-hydrogen) atoms. The van der Waals surface area contributed by atoms with Crippen molar-refractivity contribution in [2.45, 2.75) is 19.1 Å². The van der Waals surface area contributed by atoms with Gasteiger partial charge in [-0.1, -0.05) is 40.2 Å². The normalized spacial score (nSPS) is 15.8. The fraction of sp³-hybridized carbons (Fsp3) is 0.333. The second-order valence-corrected chi connectivity index (χ2v) is 6.83. The van der Waals surface area contributed by atoms with Crippen LogP contribution in [-0.2, 0) is 13.0 Å². The van der Waals surface area contributed by atoms with Gasteiger partial charge in [-0.15, -0.1) is 0 Å². The molecule has 1 aliphatic heterocycles. The van der Waals surface area contributed by atoms with Gasteiger partial charge in [0.1, 0.15) is 12.7 Å². The Kier molecular flexibility index (Phi) is 5.48. The fourth-order valence-corrected chi connectivity index (χ4v) is 3.31. The molecule has 1 atom stereocenters. The van der Waals surface area contributed by atoms with Gasteiger partial charge in [0.2, 0.25) is 0 Å². The summed E-state index contributed by atoms with van der Waals surface area (Å²) in [7, 11) is 0. The van der Waals surface area contributed by atoms with Crippen LogP contribution in [0.2, 0.25) is 0 Å². The number of hydrogen-bond donors (Lipinski definition) is 1. The number of hydrogen-bond acceptors (Lipinski definition) is 3. The number of fused-ring (bicyclic) bond motifs is 1. The molecule has 3 nitrogen and oxygen atoms in total. The van der Waals surface area contributed by atoms with E-state index in [9.17, 15) is 13.9 Å². The van der Waals surface area contributed by atoms with Crippen LogP contribution in [0.15, 0.2) is 40.9 Å². The zero-order valence-corrected chi connectivity index (χ0v) is 14.6. The zero-order valence-electron chi connectivity index (χ0n) is 13.0. The standard InChI is InChI=1S/C18H18BrF2NO2/c19-14-7-16(20)18(17(21)8-14)24-11-15(23)10-22-6-5-12-3-1-2-4-13(12)9-22/h1-4,7-8,15,23H,5-6,9-11H2/t15-/m0/s1. The van der Waals surface area contributed by atoms with E-state index in [0.29, 0.717) is 11.0 Å². The molecule has 1 aliphatic rings. The van der Waals surface area contributed by atoms with Crippen LogP contribution in [0.4, 0.5) is 8.78 Å².